The Morgan fingerprint density at radius 2 is 2.16 bits per heavy atom. The number of urea groups is 1. The Balaban J connectivity index is 1.37. The molecule has 0 unspecified atom stereocenters. The average molecular weight is 356 g/mol. The lowest BCUT2D eigenvalue weighted by Crippen LogP contribution is -2.44. The Hall–Kier alpha value is -2.59. The van der Waals surface area contributed by atoms with Crippen LogP contribution in [0, 0.1) is 11.3 Å². The van der Waals surface area contributed by atoms with Gasteiger partial charge in [-0.1, -0.05) is 6.07 Å². The molecular weight excluding hydrogens is 336 g/mol. The van der Waals surface area contributed by atoms with Gasteiger partial charge in [0, 0.05) is 23.2 Å². The number of hydrogen-bond donors (Lipinski definition) is 2. The maximum Gasteiger partial charge on any atom is 0.315 e. The van der Waals surface area contributed by atoms with Gasteiger partial charge in [-0.05, 0) is 43.2 Å². The van der Waals surface area contributed by atoms with Crippen LogP contribution in [0.1, 0.15) is 36.1 Å². The van der Waals surface area contributed by atoms with E-state index >= 15 is 0 Å². The van der Waals surface area contributed by atoms with Crippen molar-refractivity contribution in [2.24, 2.45) is 0 Å². The van der Waals surface area contributed by atoms with Crippen LogP contribution in [0.15, 0.2) is 35.8 Å². The molecule has 0 atom stereocenters. The van der Waals surface area contributed by atoms with E-state index in [1.807, 2.05) is 23.6 Å². The fraction of sp³-hybridized carbons (Fsp3) is 0.389. The van der Waals surface area contributed by atoms with Gasteiger partial charge in [-0.25, -0.2) is 9.78 Å². The number of ether oxygens (including phenoxy) is 1. The van der Waals surface area contributed by atoms with E-state index in [1.165, 1.54) is 6.20 Å². The van der Waals surface area contributed by atoms with Crippen LogP contribution >= 0.6 is 11.3 Å². The van der Waals surface area contributed by atoms with Crippen molar-refractivity contribution in [3.05, 3.63) is 46.3 Å². The molecule has 7 heteroatoms. The van der Waals surface area contributed by atoms with Crippen LogP contribution in [0.2, 0.25) is 0 Å². The van der Waals surface area contributed by atoms with Crippen molar-refractivity contribution in [3.63, 3.8) is 0 Å². The molecule has 1 fully saturated rings. The number of amides is 2. The first-order valence-electron chi connectivity index (χ1n) is 8.32. The first-order chi connectivity index (χ1) is 12.2. The van der Waals surface area contributed by atoms with E-state index in [0.717, 1.165) is 30.6 Å². The van der Waals surface area contributed by atoms with Crippen molar-refractivity contribution in [2.45, 2.75) is 44.4 Å². The van der Waals surface area contributed by atoms with Gasteiger partial charge in [-0.2, -0.15) is 5.26 Å². The molecule has 0 radical (unpaired) electrons. The van der Waals surface area contributed by atoms with Crippen LogP contribution in [0.25, 0.3) is 0 Å². The van der Waals surface area contributed by atoms with Crippen LogP contribution in [0.5, 0.6) is 5.88 Å². The zero-order valence-corrected chi connectivity index (χ0v) is 14.6. The molecule has 6 nitrogen and oxygen atoms in total. The summed E-state index contributed by atoms with van der Waals surface area (Å²) in [6, 6.07) is 9.50. The molecule has 0 aromatic carbocycles. The van der Waals surface area contributed by atoms with Gasteiger partial charge in [0.15, 0.2) is 0 Å². The van der Waals surface area contributed by atoms with E-state index in [9.17, 15) is 4.79 Å². The zero-order valence-electron chi connectivity index (χ0n) is 13.8. The topological polar surface area (TPSA) is 87.0 Å². The number of carbonyl (C=O) groups is 1. The Labute approximate surface area is 150 Å². The summed E-state index contributed by atoms with van der Waals surface area (Å²) >= 11 is 1.63. The van der Waals surface area contributed by atoms with Gasteiger partial charge >= 0.3 is 6.03 Å². The van der Waals surface area contributed by atoms with Crippen molar-refractivity contribution < 1.29 is 9.53 Å². The molecule has 1 saturated carbocycles. The number of nitriles is 1. The summed E-state index contributed by atoms with van der Waals surface area (Å²) in [5.74, 6) is 0.545. The highest BCUT2D eigenvalue weighted by atomic mass is 32.1. The minimum atomic E-state index is -0.119. The quantitative estimate of drug-likeness (QED) is 0.861. The maximum atomic E-state index is 12.0. The van der Waals surface area contributed by atoms with Crippen molar-refractivity contribution >= 4 is 17.4 Å². The maximum absolute atomic E-state index is 12.0. The lowest BCUT2D eigenvalue weighted by Gasteiger charge is -2.29. The van der Waals surface area contributed by atoms with E-state index in [4.69, 9.17) is 10.00 Å². The van der Waals surface area contributed by atoms with Crippen LogP contribution in [0.4, 0.5) is 4.79 Å². The number of thiophene rings is 1. The Morgan fingerprint density at radius 1 is 1.32 bits per heavy atom. The number of carbonyl (C=O) groups excluding carboxylic acids is 1. The SMILES string of the molecule is N#Cc1ccc(OC2CCC(NC(=O)NCc3cccs3)CC2)nc1. The highest BCUT2D eigenvalue weighted by Gasteiger charge is 2.23. The molecule has 0 aliphatic heterocycles. The Kier molecular flexibility index (Phi) is 5.86. The monoisotopic (exact) mass is 356 g/mol. The molecule has 0 spiro atoms. The van der Waals surface area contributed by atoms with Crippen molar-refractivity contribution in [2.75, 3.05) is 0 Å². The number of aromatic nitrogens is 1. The molecule has 130 valence electrons. The van der Waals surface area contributed by atoms with Gasteiger partial charge in [0.2, 0.25) is 5.88 Å². The molecule has 2 aromatic rings. The van der Waals surface area contributed by atoms with E-state index < -0.39 is 0 Å². The van der Waals surface area contributed by atoms with Crippen molar-refractivity contribution in [1.82, 2.24) is 15.6 Å². The number of rotatable bonds is 5. The molecule has 1 aliphatic carbocycles. The van der Waals surface area contributed by atoms with Crippen LogP contribution in [-0.4, -0.2) is 23.2 Å². The predicted octanol–water partition coefficient (Wildman–Crippen LogP) is 3.20. The second-order valence-corrected chi connectivity index (χ2v) is 7.03. The third kappa shape index (κ3) is 5.19. The molecule has 2 aromatic heterocycles. The smallest absolute Gasteiger partial charge is 0.315 e. The first kappa shape index (κ1) is 17.2. The highest BCUT2D eigenvalue weighted by molar-refractivity contribution is 7.09. The third-order valence-electron chi connectivity index (χ3n) is 4.17. The minimum absolute atomic E-state index is 0.104. The molecule has 2 amide bonds. The summed E-state index contributed by atoms with van der Waals surface area (Å²) in [5.41, 5.74) is 0.522. The second-order valence-electron chi connectivity index (χ2n) is 5.99. The fourth-order valence-corrected chi connectivity index (χ4v) is 3.47. The standard InChI is InChI=1S/C18H20N4O2S/c19-10-13-3-8-17(20-11-13)24-15-6-4-14(5-7-15)22-18(23)21-12-16-2-1-9-25-16/h1-3,8-9,11,14-15H,4-7,12H2,(H2,21,22,23). The average Bonchev–Trinajstić information content (AvgIpc) is 3.16. The second kappa shape index (κ2) is 8.49. The third-order valence-corrected chi connectivity index (χ3v) is 5.04. The van der Waals surface area contributed by atoms with E-state index in [-0.39, 0.29) is 18.2 Å². The highest BCUT2D eigenvalue weighted by Crippen LogP contribution is 2.23. The summed E-state index contributed by atoms with van der Waals surface area (Å²) in [4.78, 5) is 17.2. The fourth-order valence-electron chi connectivity index (χ4n) is 2.83. The summed E-state index contributed by atoms with van der Waals surface area (Å²) in [6.45, 7) is 0.562. The largest absolute Gasteiger partial charge is 0.474 e. The minimum Gasteiger partial charge on any atom is -0.474 e. The van der Waals surface area contributed by atoms with Gasteiger partial charge in [-0.3, -0.25) is 0 Å². The lowest BCUT2D eigenvalue weighted by molar-refractivity contribution is 0.135. The van der Waals surface area contributed by atoms with Gasteiger partial charge < -0.3 is 15.4 Å². The Morgan fingerprint density at radius 3 is 2.80 bits per heavy atom. The number of hydrogen-bond acceptors (Lipinski definition) is 5. The van der Waals surface area contributed by atoms with Crippen LogP contribution in [0.3, 0.4) is 0 Å². The summed E-state index contributed by atoms with van der Waals surface area (Å²) in [7, 11) is 0. The van der Waals surface area contributed by atoms with Gasteiger partial charge in [0.25, 0.3) is 0 Å². The number of nitrogens with one attached hydrogen (secondary N) is 2. The van der Waals surface area contributed by atoms with E-state index in [1.54, 1.807) is 23.5 Å². The van der Waals surface area contributed by atoms with E-state index in [2.05, 4.69) is 15.6 Å². The molecule has 0 saturated heterocycles. The van der Waals surface area contributed by atoms with Crippen molar-refractivity contribution in [3.8, 4) is 11.9 Å². The molecule has 2 heterocycles. The molecule has 1 aliphatic rings. The lowest BCUT2D eigenvalue weighted by atomic mass is 9.93. The molecule has 25 heavy (non-hydrogen) atoms. The van der Waals surface area contributed by atoms with Gasteiger partial charge in [0.1, 0.15) is 12.2 Å². The van der Waals surface area contributed by atoms with Gasteiger partial charge in [-0.15, -0.1) is 11.3 Å². The molecular formula is C18H20N4O2S. The normalized spacial score (nSPS) is 19.6. The van der Waals surface area contributed by atoms with Crippen LogP contribution < -0.4 is 15.4 Å². The molecule has 3 rings (SSSR count). The number of nitrogens with zero attached hydrogens (tertiary/aromatic N) is 2. The Bertz CT molecular complexity index is 717. The summed E-state index contributed by atoms with van der Waals surface area (Å²) in [6.07, 6.45) is 5.13. The van der Waals surface area contributed by atoms with E-state index in [0.29, 0.717) is 18.0 Å². The van der Waals surface area contributed by atoms with Gasteiger partial charge in [0.05, 0.1) is 12.1 Å². The predicted molar refractivity (Wildman–Crippen MR) is 95.3 cm³/mol. The van der Waals surface area contributed by atoms with Crippen molar-refractivity contribution in [1.29, 1.82) is 5.26 Å². The number of pyridine rings is 1. The van der Waals surface area contributed by atoms with Crippen LogP contribution in [-0.2, 0) is 6.54 Å². The molecule has 0 bridgehead atoms. The zero-order chi connectivity index (χ0) is 17.5. The summed E-state index contributed by atoms with van der Waals surface area (Å²) in [5, 5.41) is 16.7. The first-order valence-corrected chi connectivity index (χ1v) is 9.20. The summed E-state index contributed by atoms with van der Waals surface area (Å²) < 4.78 is 5.86. The molecule has 2 N–H and O–H groups in total.